The molecule has 0 spiro atoms. The van der Waals surface area contributed by atoms with Gasteiger partial charge in [-0.2, -0.15) is 0 Å². The smallest absolute Gasteiger partial charge is 0.225 e. The molecular formula is C18H29N5O3. The molecule has 1 unspecified atom stereocenters. The van der Waals surface area contributed by atoms with Crippen molar-refractivity contribution in [3.05, 3.63) is 11.6 Å². The first kappa shape index (κ1) is 18.8. The lowest BCUT2D eigenvalue weighted by atomic mass is 9.91. The number of rotatable bonds is 4. The summed E-state index contributed by atoms with van der Waals surface area (Å²) < 4.78 is 1.84. The lowest BCUT2D eigenvalue weighted by molar-refractivity contribution is -0.141. The number of aliphatic hydroxyl groups is 1. The summed E-state index contributed by atoms with van der Waals surface area (Å²) in [6.45, 7) is 4.56. The summed E-state index contributed by atoms with van der Waals surface area (Å²) in [5.74, 6) is 1.96. The minimum Gasteiger partial charge on any atom is -0.388 e. The van der Waals surface area contributed by atoms with Crippen LogP contribution in [0.3, 0.4) is 0 Å². The maximum Gasteiger partial charge on any atom is 0.225 e. The van der Waals surface area contributed by atoms with Gasteiger partial charge in [-0.1, -0.05) is 6.92 Å². The standard InChI is InChI=1S/C18H29N5O3/c1-3-16(25)22-9-6-13(7-10-22)18(26)23-8-4-5-14(11-23)17-20-19-15(12-24)21(17)2/h13-14,24H,3-12H2,1-2H3. The van der Waals surface area contributed by atoms with Crippen molar-refractivity contribution in [2.75, 3.05) is 26.2 Å². The van der Waals surface area contributed by atoms with Crippen molar-refractivity contribution >= 4 is 11.8 Å². The molecule has 0 bridgehead atoms. The molecule has 0 saturated carbocycles. The van der Waals surface area contributed by atoms with E-state index in [0.29, 0.717) is 31.9 Å². The molecule has 2 amide bonds. The highest BCUT2D eigenvalue weighted by atomic mass is 16.3. The van der Waals surface area contributed by atoms with E-state index in [2.05, 4.69) is 10.2 Å². The number of hydrogen-bond donors (Lipinski definition) is 1. The van der Waals surface area contributed by atoms with E-state index in [4.69, 9.17) is 0 Å². The molecule has 0 radical (unpaired) electrons. The zero-order valence-corrected chi connectivity index (χ0v) is 15.7. The first-order valence-corrected chi connectivity index (χ1v) is 9.60. The zero-order valence-electron chi connectivity index (χ0n) is 15.7. The lowest BCUT2D eigenvalue weighted by Gasteiger charge is -2.37. The summed E-state index contributed by atoms with van der Waals surface area (Å²) in [5, 5.41) is 17.6. The number of piperidine rings is 2. The van der Waals surface area contributed by atoms with Crippen molar-refractivity contribution in [2.24, 2.45) is 13.0 Å². The summed E-state index contributed by atoms with van der Waals surface area (Å²) >= 11 is 0. The SMILES string of the molecule is CCC(=O)N1CCC(C(=O)N2CCCC(c3nnc(CO)n3C)C2)CC1. The largest absolute Gasteiger partial charge is 0.388 e. The predicted octanol–water partition coefficient (Wildman–Crippen LogP) is 0.662. The molecule has 8 nitrogen and oxygen atoms in total. The van der Waals surface area contributed by atoms with Gasteiger partial charge in [0.25, 0.3) is 0 Å². The Kier molecular flexibility index (Phi) is 5.90. The van der Waals surface area contributed by atoms with Crippen LogP contribution in [0.15, 0.2) is 0 Å². The van der Waals surface area contributed by atoms with Gasteiger partial charge in [0.15, 0.2) is 5.82 Å². The van der Waals surface area contributed by atoms with E-state index < -0.39 is 0 Å². The Morgan fingerprint density at radius 1 is 1.12 bits per heavy atom. The molecule has 1 aromatic heterocycles. The quantitative estimate of drug-likeness (QED) is 0.849. The first-order valence-electron chi connectivity index (χ1n) is 9.60. The van der Waals surface area contributed by atoms with Gasteiger partial charge in [0.05, 0.1) is 0 Å². The molecule has 8 heteroatoms. The molecule has 2 aliphatic rings. The summed E-state index contributed by atoms with van der Waals surface area (Å²) in [6.07, 6.45) is 3.96. The summed E-state index contributed by atoms with van der Waals surface area (Å²) in [6, 6.07) is 0. The van der Waals surface area contributed by atoms with E-state index in [1.807, 2.05) is 28.3 Å². The van der Waals surface area contributed by atoms with Crippen molar-refractivity contribution in [3.63, 3.8) is 0 Å². The van der Waals surface area contributed by atoms with Crippen LogP contribution in [0, 0.1) is 5.92 Å². The van der Waals surface area contributed by atoms with Crippen molar-refractivity contribution in [2.45, 2.75) is 51.6 Å². The number of nitrogens with zero attached hydrogens (tertiary/aromatic N) is 5. The van der Waals surface area contributed by atoms with E-state index in [0.717, 1.165) is 38.1 Å². The normalized spacial score (nSPS) is 21.9. The molecule has 1 atom stereocenters. The van der Waals surface area contributed by atoms with Gasteiger partial charge in [-0.05, 0) is 25.7 Å². The maximum absolute atomic E-state index is 13.0. The molecule has 3 heterocycles. The molecule has 0 aliphatic carbocycles. The Labute approximate surface area is 154 Å². The van der Waals surface area contributed by atoms with Crippen molar-refractivity contribution in [1.82, 2.24) is 24.6 Å². The Morgan fingerprint density at radius 3 is 2.46 bits per heavy atom. The molecule has 26 heavy (non-hydrogen) atoms. The van der Waals surface area contributed by atoms with Crippen molar-refractivity contribution in [3.8, 4) is 0 Å². The second-order valence-electron chi connectivity index (χ2n) is 7.32. The molecular weight excluding hydrogens is 334 g/mol. The van der Waals surface area contributed by atoms with Crippen LogP contribution in [0.5, 0.6) is 0 Å². The molecule has 3 rings (SSSR count). The molecule has 1 N–H and O–H groups in total. The van der Waals surface area contributed by atoms with E-state index in [1.165, 1.54) is 0 Å². The molecule has 2 fully saturated rings. The number of carbonyl (C=O) groups is 2. The summed E-state index contributed by atoms with van der Waals surface area (Å²) in [7, 11) is 1.86. The second kappa shape index (κ2) is 8.16. The third kappa shape index (κ3) is 3.75. The zero-order chi connectivity index (χ0) is 18.7. The van der Waals surface area contributed by atoms with Gasteiger partial charge in [0.1, 0.15) is 12.4 Å². The highest BCUT2D eigenvalue weighted by Gasteiger charge is 2.33. The maximum atomic E-state index is 13.0. The number of aromatic nitrogens is 3. The number of amides is 2. The number of hydrogen-bond acceptors (Lipinski definition) is 5. The van der Waals surface area contributed by atoms with Crippen LogP contribution in [0.1, 0.15) is 56.6 Å². The third-order valence-electron chi connectivity index (χ3n) is 5.74. The van der Waals surface area contributed by atoms with Gasteiger partial charge in [-0.3, -0.25) is 9.59 Å². The highest BCUT2D eigenvalue weighted by molar-refractivity contribution is 5.80. The fourth-order valence-corrected chi connectivity index (χ4v) is 4.11. The monoisotopic (exact) mass is 363 g/mol. The van der Waals surface area contributed by atoms with E-state index in [-0.39, 0.29) is 30.3 Å². The number of aliphatic hydroxyl groups excluding tert-OH is 1. The van der Waals surface area contributed by atoms with Gasteiger partial charge < -0.3 is 19.5 Å². The summed E-state index contributed by atoms with van der Waals surface area (Å²) in [5.41, 5.74) is 0. The van der Waals surface area contributed by atoms with Crippen LogP contribution >= 0.6 is 0 Å². The lowest BCUT2D eigenvalue weighted by Crippen LogP contribution is -2.47. The van der Waals surface area contributed by atoms with Gasteiger partial charge in [-0.15, -0.1) is 10.2 Å². The number of carbonyl (C=O) groups excluding carboxylic acids is 2. The topological polar surface area (TPSA) is 91.6 Å². The van der Waals surface area contributed by atoms with E-state index in [1.54, 1.807) is 0 Å². The van der Waals surface area contributed by atoms with E-state index in [9.17, 15) is 14.7 Å². The third-order valence-corrected chi connectivity index (χ3v) is 5.74. The Bertz CT molecular complexity index is 651. The predicted molar refractivity (Wildman–Crippen MR) is 95.1 cm³/mol. The van der Waals surface area contributed by atoms with Crippen molar-refractivity contribution in [1.29, 1.82) is 0 Å². The molecule has 1 aromatic rings. The van der Waals surface area contributed by atoms with Crippen LogP contribution in [-0.4, -0.2) is 67.7 Å². The average Bonchev–Trinajstić information content (AvgIpc) is 3.07. The minimum atomic E-state index is -0.131. The van der Waals surface area contributed by atoms with Crippen LogP contribution in [0.4, 0.5) is 0 Å². The summed E-state index contributed by atoms with van der Waals surface area (Å²) in [4.78, 5) is 28.6. The first-order chi connectivity index (χ1) is 12.5. The number of likely N-dealkylation sites (tertiary alicyclic amines) is 2. The van der Waals surface area contributed by atoms with E-state index >= 15 is 0 Å². The highest BCUT2D eigenvalue weighted by Crippen LogP contribution is 2.28. The van der Waals surface area contributed by atoms with Crippen LogP contribution in [-0.2, 0) is 23.2 Å². The average molecular weight is 363 g/mol. The Morgan fingerprint density at radius 2 is 1.85 bits per heavy atom. The van der Waals surface area contributed by atoms with Crippen LogP contribution in [0.25, 0.3) is 0 Å². The molecule has 0 aromatic carbocycles. The molecule has 2 aliphatic heterocycles. The minimum absolute atomic E-state index is 0.0159. The van der Waals surface area contributed by atoms with Gasteiger partial charge in [-0.25, -0.2) is 0 Å². The van der Waals surface area contributed by atoms with Gasteiger partial charge in [0.2, 0.25) is 11.8 Å². The Hall–Kier alpha value is -1.96. The molecule has 144 valence electrons. The van der Waals surface area contributed by atoms with Crippen molar-refractivity contribution < 1.29 is 14.7 Å². The second-order valence-corrected chi connectivity index (χ2v) is 7.32. The fraction of sp³-hybridized carbons (Fsp3) is 0.778. The van der Waals surface area contributed by atoms with Crippen LogP contribution < -0.4 is 0 Å². The van der Waals surface area contributed by atoms with Gasteiger partial charge in [0, 0.05) is 51.5 Å². The Balaban J connectivity index is 1.60. The van der Waals surface area contributed by atoms with Gasteiger partial charge >= 0.3 is 0 Å². The molecule has 2 saturated heterocycles. The van der Waals surface area contributed by atoms with Crippen LogP contribution in [0.2, 0.25) is 0 Å². The fourth-order valence-electron chi connectivity index (χ4n) is 4.11.